The lowest BCUT2D eigenvalue weighted by molar-refractivity contribution is -0.138. The van der Waals surface area contributed by atoms with E-state index in [0.29, 0.717) is 24.7 Å². The van der Waals surface area contributed by atoms with E-state index in [2.05, 4.69) is 5.32 Å². The molecule has 0 spiro atoms. The fourth-order valence-corrected chi connectivity index (χ4v) is 4.14. The second-order valence-electron chi connectivity index (χ2n) is 8.53. The van der Waals surface area contributed by atoms with E-state index in [-0.39, 0.29) is 38.6 Å². The summed E-state index contributed by atoms with van der Waals surface area (Å²) in [6, 6.07) is 19.9. The molecule has 0 saturated carbocycles. The van der Waals surface area contributed by atoms with Crippen LogP contribution in [0.15, 0.2) is 72.8 Å². The summed E-state index contributed by atoms with van der Waals surface area (Å²) in [6.45, 7) is 1.11. The lowest BCUT2D eigenvalue weighted by Gasteiger charge is -2.35. The van der Waals surface area contributed by atoms with Crippen LogP contribution >= 0.6 is 0 Å². The summed E-state index contributed by atoms with van der Waals surface area (Å²) in [6.07, 6.45) is -4.77. The molecule has 9 heteroatoms. The predicted octanol–water partition coefficient (Wildman–Crippen LogP) is 4.59. The lowest BCUT2D eigenvalue weighted by atomic mass is 10.0. The molecule has 1 N–H and O–H groups in total. The molecule has 1 aliphatic rings. The molecule has 3 aromatic carbocycles. The van der Waals surface area contributed by atoms with Crippen molar-refractivity contribution in [3.63, 3.8) is 0 Å². The number of nitrogens with zero attached hydrogens (tertiary/aromatic N) is 2. The Morgan fingerprint density at radius 1 is 0.806 bits per heavy atom. The van der Waals surface area contributed by atoms with E-state index >= 15 is 0 Å². The molecule has 5 nitrogen and oxygen atoms in total. The minimum absolute atomic E-state index is 0.0688. The molecule has 0 atom stereocenters. The van der Waals surface area contributed by atoms with Crippen molar-refractivity contribution in [2.75, 3.05) is 32.7 Å². The average molecular weight is 500 g/mol. The molecular formula is C27H25F4N3O2. The second-order valence-corrected chi connectivity index (χ2v) is 8.53. The summed E-state index contributed by atoms with van der Waals surface area (Å²) in [5.41, 5.74) is 1.35. The number of piperazine rings is 1. The summed E-state index contributed by atoms with van der Waals surface area (Å²) in [7, 11) is 0. The summed E-state index contributed by atoms with van der Waals surface area (Å²) in [5.74, 6) is -1.98. The van der Waals surface area contributed by atoms with Gasteiger partial charge in [0.25, 0.3) is 5.91 Å². The van der Waals surface area contributed by atoms with Gasteiger partial charge < -0.3 is 15.1 Å². The van der Waals surface area contributed by atoms with E-state index in [1.54, 1.807) is 4.90 Å². The number of rotatable bonds is 6. The van der Waals surface area contributed by atoms with E-state index in [9.17, 15) is 27.2 Å². The molecule has 36 heavy (non-hydrogen) atoms. The van der Waals surface area contributed by atoms with Gasteiger partial charge in [-0.25, -0.2) is 4.39 Å². The molecule has 1 fully saturated rings. The maximum atomic E-state index is 13.6. The third kappa shape index (κ3) is 6.09. The second kappa shape index (κ2) is 10.9. The highest BCUT2D eigenvalue weighted by atomic mass is 19.4. The van der Waals surface area contributed by atoms with Crippen molar-refractivity contribution in [2.45, 2.75) is 12.7 Å². The SMILES string of the molecule is O=C(CNCc1ccc(-c2ccccc2)cc1)N1CCN(C(=O)c2cc(F)ccc2C(F)(F)F)CC1. The molecule has 188 valence electrons. The first-order chi connectivity index (χ1) is 17.2. The van der Waals surface area contributed by atoms with E-state index in [0.717, 1.165) is 16.7 Å². The summed E-state index contributed by atoms with van der Waals surface area (Å²) in [4.78, 5) is 28.0. The molecule has 1 heterocycles. The monoisotopic (exact) mass is 499 g/mol. The maximum Gasteiger partial charge on any atom is 0.417 e. The van der Waals surface area contributed by atoms with Gasteiger partial charge in [-0.1, -0.05) is 54.6 Å². The van der Waals surface area contributed by atoms with Gasteiger partial charge in [-0.3, -0.25) is 9.59 Å². The number of hydrogen-bond donors (Lipinski definition) is 1. The van der Waals surface area contributed by atoms with Crippen molar-refractivity contribution in [1.82, 2.24) is 15.1 Å². The van der Waals surface area contributed by atoms with Gasteiger partial charge in [0.1, 0.15) is 5.82 Å². The van der Waals surface area contributed by atoms with Crippen LogP contribution in [-0.2, 0) is 17.5 Å². The van der Waals surface area contributed by atoms with Crippen molar-refractivity contribution in [1.29, 1.82) is 0 Å². The van der Waals surface area contributed by atoms with Gasteiger partial charge in [0.2, 0.25) is 5.91 Å². The van der Waals surface area contributed by atoms with Crippen LogP contribution in [0, 0.1) is 5.82 Å². The van der Waals surface area contributed by atoms with E-state index in [4.69, 9.17) is 0 Å². The van der Waals surface area contributed by atoms with Crippen LogP contribution in [0.5, 0.6) is 0 Å². The van der Waals surface area contributed by atoms with Crippen LogP contribution in [0.4, 0.5) is 17.6 Å². The number of carbonyl (C=O) groups is 2. The first-order valence-electron chi connectivity index (χ1n) is 11.5. The summed E-state index contributed by atoms with van der Waals surface area (Å²) in [5, 5.41) is 3.11. The molecule has 1 aliphatic heterocycles. The molecule has 0 unspecified atom stereocenters. The molecule has 3 aromatic rings. The van der Waals surface area contributed by atoms with Crippen molar-refractivity contribution in [2.24, 2.45) is 0 Å². The van der Waals surface area contributed by atoms with Gasteiger partial charge in [0, 0.05) is 32.7 Å². The van der Waals surface area contributed by atoms with Gasteiger partial charge in [-0.2, -0.15) is 13.2 Å². The normalized spacial score (nSPS) is 14.1. The largest absolute Gasteiger partial charge is 0.417 e. The Morgan fingerprint density at radius 3 is 2.06 bits per heavy atom. The number of carbonyl (C=O) groups excluding carboxylic acids is 2. The fraction of sp³-hybridized carbons (Fsp3) is 0.259. The Balaban J connectivity index is 1.26. The number of nitrogens with one attached hydrogen (secondary N) is 1. The van der Waals surface area contributed by atoms with Crippen molar-refractivity contribution in [3.8, 4) is 11.1 Å². The molecule has 1 saturated heterocycles. The first kappa shape index (κ1) is 25.4. The lowest BCUT2D eigenvalue weighted by Crippen LogP contribution is -2.52. The van der Waals surface area contributed by atoms with Gasteiger partial charge in [-0.05, 0) is 34.9 Å². The number of amides is 2. The Morgan fingerprint density at radius 2 is 1.42 bits per heavy atom. The smallest absolute Gasteiger partial charge is 0.338 e. The van der Waals surface area contributed by atoms with Crippen LogP contribution < -0.4 is 5.32 Å². The van der Waals surface area contributed by atoms with Gasteiger partial charge in [-0.15, -0.1) is 0 Å². The van der Waals surface area contributed by atoms with E-state index < -0.39 is 29.0 Å². The first-order valence-corrected chi connectivity index (χ1v) is 11.5. The summed E-state index contributed by atoms with van der Waals surface area (Å²) >= 11 is 0. The van der Waals surface area contributed by atoms with Crippen LogP contribution in [0.1, 0.15) is 21.5 Å². The van der Waals surface area contributed by atoms with Crippen LogP contribution in [0.25, 0.3) is 11.1 Å². The molecular weight excluding hydrogens is 474 g/mol. The third-order valence-corrected chi connectivity index (χ3v) is 6.10. The number of halogens is 4. The van der Waals surface area contributed by atoms with E-state index in [1.165, 1.54) is 4.90 Å². The Labute approximate surface area is 206 Å². The molecule has 0 aliphatic carbocycles. The van der Waals surface area contributed by atoms with Crippen LogP contribution in [0.3, 0.4) is 0 Å². The van der Waals surface area contributed by atoms with Crippen molar-refractivity contribution in [3.05, 3.63) is 95.3 Å². The highest BCUT2D eigenvalue weighted by Gasteiger charge is 2.37. The Kier molecular flexibility index (Phi) is 7.69. The molecule has 0 bridgehead atoms. The highest BCUT2D eigenvalue weighted by Crippen LogP contribution is 2.33. The minimum Gasteiger partial charge on any atom is -0.338 e. The van der Waals surface area contributed by atoms with Crippen molar-refractivity contribution >= 4 is 11.8 Å². The van der Waals surface area contributed by atoms with Gasteiger partial charge in [0.15, 0.2) is 0 Å². The highest BCUT2D eigenvalue weighted by molar-refractivity contribution is 5.96. The number of alkyl halides is 3. The van der Waals surface area contributed by atoms with Gasteiger partial charge >= 0.3 is 6.18 Å². The number of hydrogen-bond acceptors (Lipinski definition) is 3. The Bertz CT molecular complexity index is 1210. The molecule has 2 amide bonds. The zero-order chi connectivity index (χ0) is 25.7. The molecule has 0 aromatic heterocycles. The van der Waals surface area contributed by atoms with Gasteiger partial charge in [0.05, 0.1) is 17.7 Å². The third-order valence-electron chi connectivity index (χ3n) is 6.10. The topological polar surface area (TPSA) is 52.7 Å². The maximum absolute atomic E-state index is 13.6. The molecule has 0 radical (unpaired) electrons. The summed E-state index contributed by atoms with van der Waals surface area (Å²) < 4.78 is 53.4. The quantitative estimate of drug-likeness (QED) is 0.505. The van der Waals surface area contributed by atoms with Crippen LogP contribution in [0.2, 0.25) is 0 Å². The van der Waals surface area contributed by atoms with Crippen molar-refractivity contribution < 1.29 is 27.2 Å². The standard InChI is InChI=1S/C27H25F4N3O2/c28-22-10-11-24(27(29,30)31)23(16-22)26(36)34-14-12-33(13-15-34)25(35)18-32-17-19-6-8-21(9-7-19)20-4-2-1-3-5-20/h1-11,16,32H,12-15,17-18H2. The average Bonchev–Trinajstić information content (AvgIpc) is 2.88. The predicted molar refractivity (Wildman–Crippen MR) is 127 cm³/mol. The fourth-order valence-electron chi connectivity index (χ4n) is 4.14. The van der Waals surface area contributed by atoms with E-state index in [1.807, 2.05) is 54.6 Å². The zero-order valence-corrected chi connectivity index (χ0v) is 19.4. The van der Waals surface area contributed by atoms with Crippen LogP contribution in [-0.4, -0.2) is 54.3 Å². The molecule has 4 rings (SSSR count). The minimum atomic E-state index is -4.77. The zero-order valence-electron chi connectivity index (χ0n) is 19.4. The number of benzene rings is 3. The Hall–Kier alpha value is -3.72.